The summed E-state index contributed by atoms with van der Waals surface area (Å²) in [5.74, 6) is -0.621. The van der Waals surface area contributed by atoms with Gasteiger partial charge in [-0.05, 0) is 79.2 Å². The van der Waals surface area contributed by atoms with Gasteiger partial charge in [-0.15, -0.1) is 0 Å². The predicted octanol–water partition coefficient (Wildman–Crippen LogP) is 5.21. The van der Waals surface area contributed by atoms with Gasteiger partial charge in [0.15, 0.2) is 6.61 Å². The van der Waals surface area contributed by atoms with Crippen LogP contribution in [0.15, 0.2) is 72.8 Å². The first-order valence-electron chi connectivity index (χ1n) is 11.3. The van der Waals surface area contributed by atoms with Gasteiger partial charge in [-0.2, -0.15) is 0 Å². The number of carbonyl (C=O) groups is 4. The molecule has 0 unspecified atom stereocenters. The second-order valence-electron chi connectivity index (χ2n) is 7.76. The van der Waals surface area contributed by atoms with Crippen LogP contribution in [-0.4, -0.2) is 37.5 Å². The quantitative estimate of drug-likeness (QED) is 0.330. The first-order valence-corrected chi connectivity index (χ1v) is 11.7. The molecule has 3 aromatic carbocycles. The zero-order chi connectivity index (χ0) is 26.6. The number of rotatable bonds is 11. The van der Waals surface area contributed by atoms with E-state index in [9.17, 15) is 19.2 Å². The van der Waals surface area contributed by atoms with Gasteiger partial charge in [-0.1, -0.05) is 11.6 Å². The van der Waals surface area contributed by atoms with Crippen molar-refractivity contribution >= 4 is 46.7 Å². The van der Waals surface area contributed by atoms with Crippen molar-refractivity contribution in [3.05, 3.63) is 83.4 Å². The van der Waals surface area contributed by atoms with Crippen LogP contribution in [0.25, 0.3) is 0 Å². The molecule has 0 saturated heterocycles. The lowest BCUT2D eigenvalue weighted by Gasteiger charge is -2.09. The van der Waals surface area contributed by atoms with Crippen molar-refractivity contribution in [1.82, 2.24) is 0 Å². The molecule has 0 aliphatic carbocycles. The zero-order valence-corrected chi connectivity index (χ0v) is 20.7. The van der Waals surface area contributed by atoms with Crippen LogP contribution in [-0.2, 0) is 23.9 Å². The lowest BCUT2D eigenvalue weighted by atomic mass is 10.2. The monoisotopic (exact) mass is 524 g/mol. The third-order valence-electron chi connectivity index (χ3n) is 4.93. The number of amides is 2. The average molecular weight is 525 g/mol. The number of anilines is 2. The van der Waals surface area contributed by atoms with E-state index < -0.39 is 24.5 Å². The number of ether oxygens (including phenoxy) is 3. The first-order chi connectivity index (χ1) is 17.8. The summed E-state index contributed by atoms with van der Waals surface area (Å²) in [6, 6.07) is 19.9. The van der Waals surface area contributed by atoms with Crippen molar-refractivity contribution in [2.45, 2.75) is 19.3 Å². The minimum absolute atomic E-state index is 0.0115. The van der Waals surface area contributed by atoms with Crippen LogP contribution in [0.1, 0.15) is 29.6 Å². The van der Waals surface area contributed by atoms with Crippen molar-refractivity contribution in [2.24, 2.45) is 0 Å². The number of hydrogen-bond acceptors (Lipinski definition) is 7. The van der Waals surface area contributed by atoms with Crippen LogP contribution in [0.5, 0.6) is 11.5 Å². The fourth-order valence-electron chi connectivity index (χ4n) is 3.08. The Kier molecular flexibility index (Phi) is 10.0. The summed E-state index contributed by atoms with van der Waals surface area (Å²) in [4.78, 5) is 47.4. The molecule has 0 aliphatic heterocycles. The highest BCUT2D eigenvalue weighted by atomic mass is 35.5. The van der Waals surface area contributed by atoms with Crippen molar-refractivity contribution in [1.29, 1.82) is 0 Å². The standard InChI is InChI=1S/C27H25ClN2O7/c1-35-27(34)18-5-9-20(10-6-18)30-25(32)17-36-26(33)4-2-3-24(31)29-21-11-15-23(16-12-21)37-22-13-7-19(28)8-14-22/h5-16H,2-4,17H2,1H3,(H,29,31)(H,30,32). The van der Waals surface area contributed by atoms with E-state index in [4.69, 9.17) is 21.1 Å². The maximum atomic E-state index is 12.2. The third-order valence-corrected chi connectivity index (χ3v) is 5.18. The molecule has 0 bridgehead atoms. The highest BCUT2D eigenvalue weighted by Gasteiger charge is 2.11. The van der Waals surface area contributed by atoms with E-state index in [0.29, 0.717) is 33.5 Å². The highest BCUT2D eigenvalue weighted by molar-refractivity contribution is 6.30. The molecule has 0 atom stereocenters. The Morgan fingerprint density at radius 2 is 1.27 bits per heavy atom. The number of halogens is 1. The molecule has 9 nitrogen and oxygen atoms in total. The van der Waals surface area contributed by atoms with Gasteiger partial charge in [0.05, 0.1) is 12.7 Å². The zero-order valence-electron chi connectivity index (χ0n) is 20.0. The topological polar surface area (TPSA) is 120 Å². The van der Waals surface area contributed by atoms with E-state index in [0.717, 1.165) is 0 Å². The van der Waals surface area contributed by atoms with Crippen molar-refractivity contribution in [3.8, 4) is 11.5 Å². The summed E-state index contributed by atoms with van der Waals surface area (Å²) in [5, 5.41) is 5.92. The SMILES string of the molecule is COC(=O)c1ccc(NC(=O)COC(=O)CCCC(=O)Nc2ccc(Oc3ccc(Cl)cc3)cc2)cc1. The molecule has 10 heteroatoms. The number of nitrogens with one attached hydrogen (secondary N) is 2. The van der Waals surface area contributed by atoms with Crippen LogP contribution in [0, 0.1) is 0 Å². The minimum Gasteiger partial charge on any atom is -0.465 e. The molecule has 0 heterocycles. The average Bonchev–Trinajstić information content (AvgIpc) is 2.90. The van der Waals surface area contributed by atoms with Crippen LogP contribution in [0.4, 0.5) is 11.4 Å². The molecular formula is C27H25ClN2O7. The van der Waals surface area contributed by atoms with E-state index in [-0.39, 0.29) is 25.2 Å². The maximum Gasteiger partial charge on any atom is 0.337 e. The Morgan fingerprint density at radius 1 is 0.730 bits per heavy atom. The van der Waals surface area contributed by atoms with Gasteiger partial charge in [0.2, 0.25) is 5.91 Å². The Bertz CT molecular complexity index is 1230. The van der Waals surface area contributed by atoms with Crippen molar-refractivity contribution in [3.63, 3.8) is 0 Å². The van der Waals surface area contributed by atoms with Crippen LogP contribution >= 0.6 is 11.6 Å². The van der Waals surface area contributed by atoms with Gasteiger partial charge in [-0.25, -0.2) is 4.79 Å². The molecule has 0 aromatic heterocycles. The lowest BCUT2D eigenvalue weighted by Crippen LogP contribution is -2.21. The van der Waals surface area contributed by atoms with Gasteiger partial charge >= 0.3 is 11.9 Å². The molecule has 37 heavy (non-hydrogen) atoms. The first kappa shape index (κ1) is 27.2. The Balaban J connectivity index is 1.31. The molecule has 2 N–H and O–H groups in total. The minimum atomic E-state index is -0.590. The summed E-state index contributed by atoms with van der Waals surface area (Å²) in [5.41, 5.74) is 1.37. The van der Waals surface area contributed by atoms with E-state index in [1.807, 2.05) is 0 Å². The fraction of sp³-hybridized carbons (Fsp3) is 0.185. The van der Waals surface area contributed by atoms with E-state index in [1.54, 1.807) is 48.5 Å². The smallest absolute Gasteiger partial charge is 0.337 e. The summed E-state index contributed by atoms with van der Waals surface area (Å²) in [7, 11) is 1.28. The van der Waals surface area contributed by atoms with Crippen molar-refractivity contribution in [2.75, 3.05) is 24.4 Å². The molecule has 0 radical (unpaired) electrons. The van der Waals surface area contributed by atoms with Gasteiger partial charge in [0.1, 0.15) is 11.5 Å². The molecular weight excluding hydrogens is 500 g/mol. The van der Waals surface area contributed by atoms with Gasteiger partial charge < -0.3 is 24.8 Å². The molecule has 3 rings (SSSR count). The molecule has 2 amide bonds. The number of hydrogen-bond donors (Lipinski definition) is 2. The van der Waals surface area contributed by atoms with Crippen molar-refractivity contribution < 1.29 is 33.4 Å². The number of methoxy groups -OCH3 is 1. The predicted molar refractivity (Wildman–Crippen MR) is 138 cm³/mol. The molecule has 0 spiro atoms. The van der Waals surface area contributed by atoms with Gasteiger partial charge in [-0.3, -0.25) is 14.4 Å². The second-order valence-corrected chi connectivity index (χ2v) is 8.20. The normalized spacial score (nSPS) is 10.2. The summed E-state index contributed by atoms with van der Waals surface area (Å²) >= 11 is 5.86. The van der Waals surface area contributed by atoms with Gasteiger partial charge in [0.25, 0.3) is 5.91 Å². The van der Waals surface area contributed by atoms with E-state index in [1.165, 1.54) is 31.4 Å². The Labute approximate surface area is 218 Å². The Hall–Kier alpha value is -4.37. The third kappa shape index (κ3) is 9.30. The fourth-order valence-corrected chi connectivity index (χ4v) is 3.21. The Morgan fingerprint density at radius 3 is 1.86 bits per heavy atom. The number of benzene rings is 3. The number of esters is 2. The van der Waals surface area contributed by atoms with Crippen LogP contribution in [0.3, 0.4) is 0 Å². The van der Waals surface area contributed by atoms with E-state index >= 15 is 0 Å². The van der Waals surface area contributed by atoms with Crippen LogP contribution in [0.2, 0.25) is 5.02 Å². The number of carbonyl (C=O) groups excluding carboxylic acids is 4. The second kappa shape index (κ2) is 13.6. The highest BCUT2D eigenvalue weighted by Crippen LogP contribution is 2.24. The molecule has 0 saturated carbocycles. The molecule has 0 fully saturated rings. The van der Waals surface area contributed by atoms with E-state index in [2.05, 4.69) is 15.4 Å². The lowest BCUT2D eigenvalue weighted by molar-refractivity contribution is -0.147. The maximum absolute atomic E-state index is 12.2. The summed E-state index contributed by atoms with van der Waals surface area (Å²) in [6.45, 7) is -0.464. The molecule has 3 aromatic rings. The summed E-state index contributed by atoms with van der Waals surface area (Å²) in [6.07, 6.45) is 0.359. The van der Waals surface area contributed by atoms with Gasteiger partial charge in [0, 0.05) is 29.2 Å². The largest absolute Gasteiger partial charge is 0.465 e. The summed E-state index contributed by atoms with van der Waals surface area (Å²) < 4.78 is 15.3. The molecule has 192 valence electrons. The van der Waals surface area contributed by atoms with Crippen LogP contribution < -0.4 is 15.4 Å². The molecule has 0 aliphatic rings.